The van der Waals surface area contributed by atoms with Crippen LogP contribution in [0.15, 0.2) is 36.4 Å². The Morgan fingerprint density at radius 2 is 1.76 bits per heavy atom. The summed E-state index contributed by atoms with van der Waals surface area (Å²) in [5.41, 5.74) is 4.81. The Morgan fingerprint density at radius 1 is 1.08 bits per heavy atom. The molecule has 0 heterocycles. The fraction of sp³-hybridized carbons (Fsp3) is 0.316. The molecule has 0 saturated carbocycles. The van der Waals surface area contributed by atoms with E-state index in [1.165, 1.54) is 5.56 Å². The SMILES string of the molecule is Cc1ccc([C@H](C)NC(=O)c2cccc(NS(C)(=O)=O)c2C)c(C)c1. The van der Waals surface area contributed by atoms with Gasteiger partial charge in [-0.15, -0.1) is 0 Å². The summed E-state index contributed by atoms with van der Waals surface area (Å²) in [7, 11) is -3.40. The van der Waals surface area contributed by atoms with Crippen molar-refractivity contribution in [1.82, 2.24) is 5.32 Å². The Kier molecular flexibility index (Phi) is 5.52. The summed E-state index contributed by atoms with van der Waals surface area (Å²) >= 11 is 0. The maximum Gasteiger partial charge on any atom is 0.252 e. The molecule has 25 heavy (non-hydrogen) atoms. The number of rotatable bonds is 5. The fourth-order valence-corrected chi connectivity index (χ4v) is 3.48. The highest BCUT2D eigenvalue weighted by molar-refractivity contribution is 7.92. The first-order valence-electron chi connectivity index (χ1n) is 8.04. The molecule has 2 aromatic rings. The van der Waals surface area contributed by atoms with Gasteiger partial charge in [0.15, 0.2) is 0 Å². The van der Waals surface area contributed by atoms with Crippen molar-refractivity contribution in [2.24, 2.45) is 0 Å². The molecule has 0 saturated heterocycles. The number of nitrogens with one attached hydrogen (secondary N) is 2. The van der Waals surface area contributed by atoms with E-state index < -0.39 is 10.0 Å². The van der Waals surface area contributed by atoms with Gasteiger partial charge in [0.25, 0.3) is 5.91 Å². The lowest BCUT2D eigenvalue weighted by Crippen LogP contribution is -2.28. The highest BCUT2D eigenvalue weighted by Crippen LogP contribution is 2.22. The minimum Gasteiger partial charge on any atom is -0.345 e. The lowest BCUT2D eigenvalue weighted by atomic mass is 9.99. The normalized spacial score (nSPS) is 12.5. The Bertz CT molecular complexity index is 905. The molecular weight excluding hydrogens is 336 g/mol. The summed E-state index contributed by atoms with van der Waals surface area (Å²) < 4.78 is 25.3. The number of amides is 1. The second kappa shape index (κ2) is 7.27. The van der Waals surface area contributed by atoms with E-state index in [1.807, 2.05) is 32.9 Å². The Hall–Kier alpha value is -2.34. The molecule has 0 fully saturated rings. The Labute approximate surface area is 149 Å². The molecule has 0 aliphatic heterocycles. The van der Waals surface area contributed by atoms with Crippen molar-refractivity contribution in [3.8, 4) is 0 Å². The van der Waals surface area contributed by atoms with Crippen LogP contribution in [-0.4, -0.2) is 20.6 Å². The summed E-state index contributed by atoms with van der Waals surface area (Å²) in [5.74, 6) is -0.234. The molecule has 134 valence electrons. The van der Waals surface area contributed by atoms with Crippen LogP contribution < -0.4 is 10.0 Å². The predicted octanol–water partition coefficient (Wildman–Crippen LogP) is 3.47. The van der Waals surface area contributed by atoms with Crippen molar-refractivity contribution in [3.63, 3.8) is 0 Å². The number of anilines is 1. The molecule has 0 aliphatic rings. The first-order chi connectivity index (χ1) is 11.6. The first-order valence-corrected chi connectivity index (χ1v) is 9.93. The molecule has 1 amide bonds. The van der Waals surface area contributed by atoms with Crippen LogP contribution in [0.4, 0.5) is 5.69 Å². The molecule has 2 N–H and O–H groups in total. The van der Waals surface area contributed by atoms with Crippen LogP contribution in [-0.2, 0) is 10.0 Å². The molecule has 0 aromatic heterocycles. The minimum atomic E-state index is -3.40. The molecule has 2 rings (SSSR count). The van der Waals surface area contributed by atoms with E-state index in [-0.39, 0.29) is 11.9 Å². The zero-order valence-corrected chi connectivity index (χ0v) is 16.0. The van der Waals surface area contributed by atoms with Gasteiger partial charge in [0, 0.05) is 5.56 Å². The summed E-state index contributed by atoms with van der Waals surface area (Å²) in [6.07, 6.45) is 1.08. The van der Waals surface area contributed by atoms with Crippen molar-refractivity contribution in [3.05, 3.63) is 64.2 Å². The van der Waals surface area contributed by atoms with Gasteiger partial charge in [0.05, 0.1) is 18.0 Å². The summed E-state index contributed by atoms with van der Waals surface area (Å²) in [6.45, 7) is 7.71. The average molecular weight is 360 g/mol. The van der Waals surface area contributed by atoms with Crippen molar-refractivity contribution < 1.29 is 13.2 Å². The van der Waals surface area contributed by atoms with Gasteiger partial charge in [-0.1, -0.05) is 29.8 Å². The third-order valence-electron chi connectivity index (χ3n) is 4.11. The van der Waals surface area contributed by atoms with Crippen molar-refractivity contribution in [2.45, 2.75) is 33.7 Å². The summed E-state index contributed by atoms with van der Waals surface area (Å²) in [6, 6.07) is 11.0. The highest BCUT2D eigenvalue weighted by Gasteiger charge is 2.17. The van der Waals surface area contributed by atoms with E-state index >= 15 is 0 Å². The van der Waals surface area contributed by atoms with Crippen LogP contribution >= 0.6 is 0 Å². The lowest BCUT2D eigenvalue weighted by Gasteiger charge is -2.18. The van der Waals surface area contributed by atoms with E-state index in [2.05, 4.69) is 16.1 Å². The zero-order chi connectivity index (χ0) is 18.8. The van der Waals surface area contributed by atoms with Crippen molar-refractivity contribution in [1.29, 1.82) is 0 Å². The zero-order valence-electron chi connectivity index (χ0n) is 15.2. The molecular formula is C19H24N2O3S. The van der Waals surface area contributed by atoms with Gasteiger partial charge in [-0.2, -0.15) is 0 Å². The number of carbonyl (C=O) groups excluding carboxylic acids is 1. The Balaban J connectivity index is 2.25. The molecule has 2 aromatic carbocycles. The maximum absolute atomic E-state index is 12.7. The smallest absolute Gasteiger partial charge is 0.252 e. The second-order valence-electron chi connectivity index (χ2n) is 6.41. The van der Waals surface area contributed by atoms with Gasteiger partial charge in [0.2, 0.25) is 10.0 Å². The minimum absolute atomic E-state index is 0.154. The number of hydrogen-bond donors (Lipinski definition) is 2. The number of carbonyl (C=O) groups is 1. The lowest BCUT2D eigenvalue weighted by molar-refractivity contribution is 0.0939. The van der Waals surface area contributed by atoms with Crippen LogP contribution in [0.2, 0.25) is 0 Å². The van der Waals surface area contributed by atoms with Crippen LogP contribution in [0.1, 0.15) is 45.6 Å². The number of hydrogen-bond acceptors (Lipinski definition) is 3. The first kappa shape index (κ1) is 19.0. The largest absolute Gasteiger partial charge is 0.345 e. The van der Waals surface area contributed by atoms with E-state index in [1.54, 1.807) is 25.1 Å². The van der Waals surface area contributed by atoms with Gasteiger partial charge in [0.1, 0.15) is 0 Å². The van der Waals surface area contributed by atoms with E-state index in [9.17, 15) is 13.2 Å². The molecule has 0 radical (unpaired) electrons. The summed E-state index contributed by atoms with van der Waals surface area (Å²) in [4.78, 5) is 12.7. The van der Waals surface area contributed by atoms with Crippen LogP contribution in [0.25, 0.3) is 0 Å². The maximum atomic E-state index is 12.7. The fourth-order valence-electron chi connectivity index (χ4n) is 2.86. The standard InChI is InChI=1S/C19H24N2O3S/c1-12-9-10-16(13(2)11-12)15(4)20-19(22)17-7-6-8-18(14(17)3)21-25(5,23)24/h6-11,15,21H,1-5H3,(H,20,22)/t15-/m0/s1. The van der Waals surface area contributed by atoms with Gasteiger partial charge < -0.3 is 5.32 Å². The van der Waals surface area contributed by atoms with Crippen LogP contribution in [0.3, 0.4) is 0 Å². The molecule has 5 nitrogen and oxygen atoms in total. The summed E-state index contributed by atoms with van der Waals surface area (Å²) in [5, 5.41) is 2.99. The van der Waals surface area contributed by atoms with Crippen molar-refractivity contribution in [2.75, 3.05) is 11.0 Å². The molecule has 6 heteroatoms. The van der Waals surface area contributed by atoms with Crippen molar-refractivity contribution >= 4 is 21.6 Å². The van der Waals surface area contributed by atoms with Crippen LogP contribution in [0, 0.1) is 20.8 Å². The van der Waals surface area contributed by atoms with E-state index in [0.29, 0.717) is 16.8 Å². The molecule has 0 unspecified atom stereocenters. The van der Waals surface area contributed by atoms with Gasteiger partial charge in [-0.3, -0.25) is 9.52 Å². The topological polar surface area (TPSA) is 75.3 Å². The number of sulfonamides is 1. The third kappa shape index (κ3) is 4.82. The number of aryl methyl sites for hydroxylation is 2. The van der Waals surface area contributed by atoms with E-state index in [4.69, 9.17) is 0 Å². The van der Waals surface area contributed by atoms with Gasteiger partial charge >= 0.3 is 0 Å². The quantitative estimate of drug-likeness (QED) is 0.857. The van der Waals surface area contributed by atoms with Gasteiger partial charge in [-0.05, 0) is 56.5 Å². The average Bonchev–Trinajstić information content (AvgIpc) is 2.47. The number of benzene rings is 2. The molecule has 0 bridgehead atoms. The van der Waals surface area contributed by atoms with E-state index in [0.717, 1.165) is 17.4 Å². The van der Waals surface area contributed by atoms with Gasteiger partial charge in [-0.25, -0.2) is 8.42 Å². The predicted molar refractivity (Wildman–Crippen MR) is 101 cm³/mol. The third-order valence-corrected chi connectivity index (χ3v) is 4.70. The monoisotopic (exact) mass is 360 g/mol. The second-order valence-corrected chi connectivity index (χ2v) is 8.16. The molecule has 1 atom stereocenters. The molecule has 0 aliphatic carbocycles. The highest BCUT2D eigenvalue weighted by atomic mass is 32.2. The Morgan fingerprint density at radius 3 is 2.36 bits per heavy atom. The molecule has 0 spiro atoms. The van der Waals surface area contributed by atoms with Crippen LogP contribution in [0.5, 0.6) is 0 Å².